The first-order valence-electron chi connectivity index (χ1n) is 3.83. The summed E-state index contributed by atoms with van der Waals surface area (Å²) in [5.41, 5.74) is 0. The van der Waals surface area contributed by atoms with E-state index in [1.165, 1.54) is 0 Å². The smallest absolute Gasteiger partial charge is 0.0483 e. The molecule has 0 aromatic heterocycles. The lowest BCUT2D eigenvalue weighted by molar-refractivity contribution is 0.216. The van der Waals surface area contributed by atoms with Crippen LogP contribution in [0.2, 0.25) is 0 Å². The van der Waals surface area contributed by atoms with E-state index in [9.17, 15) is 0 Å². The Labute approximate surface area is 62.8 Å². The quantitative estimate of drug-likeness (QED) is 0.434. The number of piperazine rings is 1. The van der Waals surface area contributed by atoms with Crippen LogP contribution in [-0.2, 0) is 0 Å². The Bertz CT molecular complexity index is 48.4. The molecule has 0 spiro atoms. The molecule has 0 bridgehead atoms. The third-order valence-corrected chi connectivity index (χ3v) is 0.957. The lowest BCUT2D eigenvalue weighted by Gasteiger charge is -2.11. The van der Waals surface area contributed by atoms with E-state index in [1.807, 2.05) is 0 Å². The summed E-state index contributed by atoms with van der Waals surface area (Å²) < 4.78 is 0. The van der Waals surface area contributed by atoms with E-state index in [4.69, 9.17) is 5.11 Å². The molecule has 0 radical (unpaired) electrons. The van der Waals surface area contributed by atoms with Gasteiger partial charge in [-0.2, -0.15) is 0 Å². The maximum atomic E-state index is 8.06. The summed E-state index contributed by atoms with van der Waals surface area (Å²) in [6, 6.07) is 0. The highest BCUT2D eigenvalue weighted by Crippen LogP contribution is 1.65. The van der Waals surface area contributed by atoms with E-state index in [2.05, 4.69) is 10.6 Å². The normalized spacial score (nSPS) is 18.0. The summed E-state index contributed by atoms with van der Waals surface area (Å²) in [4.78, 5) is 0. The Morgan fingerprint density at radius 3 is 1.30 bits per heavy atom. The molecule has 0 unspecified atom stereocenters. The van der Waals surface area contributed by atoms with Crippen molar-refractivity contribution in [3.8, 4) is 0 Å². The zero-order valence-electron chi connectivity index (χ0n) is 6.85. The molecule has 0 atom stereocenters. The monoisotopic (exact) mass is 146 g/mol. The second kappa shape index (κ2) is 6.99. The zero-order chi connectivity index (χ0) is 7.82. The minimum absolute atomic E-state index is 0.167. The SMILES string of the molecule is C1CNCCN1.CC(C)O. The van der Waals surface area contributed by atoms with E-state index in [0.29, 0.717) is 0 Å². The fourth-order valence-electron chi connectivity index (χ4n) is 0.604. The second-order valence-corrected chi connectivity index (χ2v) is 2.59. The van der Waals surface area contributed by atoms with Crippen molar-refractivity contribution in [2.24, 2.45) is 0 Å². The number of nitrogens with one attached hydrogen (secondary N) is 2. The molecule has 0 amide bonds. The summed E-state index contributed by atoms with van der Waals surface area (Å²) in [5, 5.41) is 14.5. The topological polar surface area (TPSA) is 44.3 Å². The molecule has 1 aliphatic rings. The highest BCUT2D eigenvalue weighted by atomic mass is 16.3. The first-order valence-corrected chi connectivity index (χ1v) is 3.83. The average molecular weight is 146 g/mol. The Hall–Kier alpha value is -0.120. The lowest BCUT2D eigenvalue weighted by atomic mass is 10.4. The highest BCUT2D eigenvalue weighted by Gasteiger charge is 1.91. The summed E-state index contributed by atoms with van der Waals surface area (Å²) in [6.45, 7) is 8.00. The van der Waals surface area contributed by atoms with Crippen LogP contribution in [0.1, 0.15) is 13.8 Å². The first-order chi connectivity index (χ1) is 4.73. The number of hydrogen-bond donors (Lipinski definition) is 3. The zero-order valence-corrected chi connectivity index (χ0v) is 6.85. The van der Waals surface area contributed by atoms with Crippen LogP contribution in [-0.4, -0.2) is 37.4 Å². The minimum atomic E-state index is -0.167. The fraction of sp³-hybridized carbons (Fsp3) is 1.00. The predicted molar refractivity (Wildman–Crippen MR) is 43.1 cm³/mol. The van der Waals surface area contributed by atoms with Gasteiger partial charge < -0.3 is 15.7 Å². The van der Waals surface area contributed by atoms with Crippen LogP contribution in [0.3, 0.4) is 0 Å². The van der Waals surface area contributed by atoms with Crippen molar-refractivity contribution >= 4 is 0 Å². The van der Waals surface area contributed by atoms with E-state index < -0.39 is 0 Å². The van der Waals surface area contributed by atoms with Gasteiger partial charge in [-0.1, -0.05) is 0 Å². The molecule has 0 aromatic carbocycles. The van der Waals surface area contributed by atoms with Gasteiger partial charge in [0.15, 0.2) is 0 Å². The molecule has 3 nitrogen and oxygen atoms in total. The molecule has 1 rings (SSSR count). The lowest BCUT2D eigenvalue weighted by Crippen LogP contribution is -2.39. The number of aliphatic hydroxyl groups is 1. The van der Waals surface area contributed by atoms with Crippen molar-refractivity contribution in [2.75, 3.05) is 26.2 Å². The van der Waals surface area contributed by atoms with Crippen molar-refractivity contribution in [1.29, 1.82) is 0 Å². The van der Waals surface area contributed by atoms with Crippen LogP contribution in [0.15, 0.2) is 0 Å². The van der Waals surface area contributed by atoms with Gasteiger partial charge in [0.05, 0.1) is 0 Å². The third-order valence-electron chi connectivity index (χ3n) is 0.957. The van der Waals surface area contributed by atoms with Crippen LogP contribution in [0, 0.1) is 0 Å². The molecule has 10 heavy (non-hydrogen) atoms. The average Bonchev–Trinajstić information content (AvgIpc) is 1.90. The molecular weight excluding hydrogens is 128 g/mol. The summed E-state index contributed by atoms with van der Waals surface area (Å²) in [5.74, 6) is 0. The van der Waals surface area contributed by atoms with Gasteiger partial charge >= 0.3 is 0 Å². The molecule has 1 saturated heterocycles. The van der Waals surface area contributed by atoms with Gasteiger partial charge in [0.2, 0.25) is 0 Å². The van der Waals surface area contributed by atoms with Crippen LogP contribution in [0.4, 0.5) is 0 Å². The Kier molecular flexibility index (Phi) is 6.91. The van der Waals surface area contributed by atoms with Crippen molar-refractivity contribution in [1.82, 2.24) is 10.6 Å². The largest absolute Gasteiger partial charge is 0.394 e. The summed E-state index contributed by atoms with van der Waals surface area (Å²) in [6.07, 6.45) is -0.167. The molecule has 3 heteroatoms. The number of aliphatic hydroxyl groups excluding tert-OH is 1. The molecule has 1 heterocycles. The maximum Gasteiger partial charge on any atom is 0.0483 e. The van der Waals surface area contributed by atoms with Crippen molar-refractivity contribution in [2.45, 2.75) is 20.0 Å². The van der Waals surface area contributed by atoms with Crippen LogP contribution in [0.25, 0.3) is 0 Å². The number of rotatable bonds is 0. The van der Waals surface area contributed by atoms with Gasteiger partial charge in [0.25, 0.3) is 0 Å². The van der Waals surface area contributed by atoms with E-state index in [1.54, 1.807) is 13.8 Å². The Balaban J connectivity index is 0.000000180. The molecule has 62 valence electrons. The molecular formula is C7H18N2O. The van der Waals surface area contributed by atoms with E-state index in [-0.39, 0.29) is 6.10 Å². The first kappa shape index (κ1) is 9.88. The molecule has 0 aliphatic carbocycles. The summed E-state index contributed by atoms with van der Waals surface area (Å²) >= 11 is 0. The third kappa shape index (κ3) is 10.8. The van der Waals surface area contributed by atoms with Crippen molar-refractivity contribution < 1.29 is 5.11 Å². The van der Waals surface area contributed by atoms with Gasteiger partial charge in [0, 0.05) is 32.3 Å². The molecule has 0 saturated carbocycles. The van der Waals surface area contributed by atoms with Crippen LogP contribution < -0.4 is 10.6 Å². The minimum Gasteiger partial charge on any atom is -0.394 e. The summed E-state index contributed by atoms with van der Waals surface area (Å²) in [7, 11) is 0. The Morgan fingerprint density at radius 1 is 1.00 bits per heavy atom. The van der Waals surface area contributed by atoms with Crippen LogP contribution >= 0.6 is 0 Å². The molecule has 1 fully saturated rings. The van der Waals surface area contributed by atoms with Crippen LogP contribution in [0.5, 0.6) is 0 Å². The predicted octanol–water partition coefficient (Wildman–Crippen LogP) is -0.434. The molecule has 1 aliphatic heterocycles. The van der Waals surface area contributed by atoms with Gasteiger partial charge in [-0.15, -0.1) is 0 Å². The fourth-order valence-corrected chi connectivity index (χ4v) is 0.604. The van der Waals surface area contributed by atoms with Gasteiger partial charge in [-0.05, 0) is 13.8 Å². The highest BCUT2D eigenvalue weighted by molar-refractivity contribution is 4.59. The number of hydrogen-bond acceptors (Lipinski definition) is 3. The van der Waals surface area contributed by atoms with Gasteiger partial charge in [-0.25, -0.2) is 0 Å². The van der Waals surface area contributed by atoms with Gasteiger partial charge in [-0.3, -0.25) is 0 Å². The molecule has 3 N–H and O–H groups in total. The molecule has 0 aromatic rings. The van der Waals surface area contributed by atoms with Crippen molar-refractivity contribution in [3.63, 3.8) is 0 Å². The maximum absolute atomic E-state index is 8.06. The van der Waals surface area contributed by atoms with Gasteiger partial charge in [0.1, 0.15) is 0 Å². The standard InChI is InChI=1S/C4H10N2.C3H8O/c1-2-6-4-3-5-1;1-3(2)4/h5-6H,1-4H2;3-4H,1-2H3. The Morgan fingerprint density at radius 2 is 1.20 bits per heavy atom. The van der Waals surface area contributed by atoms with E-state index >= 15 is 0 Å². The second-order valence-electron chi connectivity index (χ2n) is 2.59. The van der Waals surface area contributed by atoms with E-state index in [0.717, 1.165) is 26.2 Å². The van der Waals surface area contributed by atoms with Crippen molar-refractivity contribution in [3.05, 3.63) is 0 Å².